The Bertz CT molecular complexity index is 993. The summed E-state index contributed by atoms with van der Waals surface area (Å²) in [5, 5.41) is 4.04. The number of para-hydroxylation sites is 1. The van der Waals surface area contributed by atoms with Gasteiger partial charge < -0.3 is 18.2 Å². The summed E-state index contributed by atoms with van der Waals surface area (Å²) in [6, 6.07) is 9.66. The number of aromatic nitrogens is 3. The van der Waals surface area contributed by atoms with Gasteiger partial charge in [0.2, 0.25) is 0 Å². The van der Waals surface area contributed by atoms with Crippen molar-refractivity contribution in [1.29, 1.82) is 0 Å². The predicted molar refractivity (Wildman–Crippen MR) is 93.7 cm³/mol. The first-order chi connectivity index (χ1) is 12.2. The molecule has 128 valence electrons. The van der Waals surface area contributed by atoms with Crippen molar-refractivity contribution in [3.8, 4) is 17.3 Å². The van der Waals surface area contributed by atoms with Gasteiger partial charge in [0.25, 0.3) is 0 Å². The van der Waals surface area contributed by atoms with Gasteiger partial charge in [-0.3, -0.25) is 0 Å². The number of methoxy groups -OCH3 is 1. The monoisotopic (exact) mass is 337 g/mol. The number of benzene rings is 1. The van der Waals surface area contributed by atoms with Crippen molar-refractivity contribution in [2.24, 2.45) is 0 Å². The summed E-state index contributed by atoms with van der Waals surface area (Å²) in [6.07, 6.45) is 2.45. The van der Waals surface area contributed by atoms with E-state index in [-0.39, 0.29) is 0 Å². The molecule has 0 spiro atoms. The molecule has 0 saturated carbocycles. The molecule has 0 bridgehead atoms. The Hall–Kier alpha value is -3.02. The lowest BCUT2D eigenvalue weighted by molar-refractivity contribution is 0.392. The second-order valence-corrected chi connectivity index (χ2v) is 5.95. The Kier molecular flexibility index (Phi) is 3.80. The summed E-state index contributed by atoms with van der Waals surface area (Å²) >= 11 is 0. The minimum Gasteiger partial charge on any atom is -0.494 e. The normalized spacial score (nSPS) is 11.3. The molecule has 6 nitrogen and oxygen atoms in total. The molecule has 4 rings (SSSR count). The van der Waals surface area contributed by atoms with Crippen LogP contribution in [0.2, 0.25) is 0 Å². The van der Waals surface area contributed by atoms with Crippen molar-refractivity contribution in [2.75, 3.05) is 7.11 Å². The molecule has 0 unspecified atom stereocenters. The van der Waals surface area contributed by atoms with Gasteiger partial charge in [-0.2, -0.15) is 0 Å². The molecule has 1 aromatic carbocycles. The second kappa shape index (κ2) is 6.12. The fraction of sp³-hybridized carbons (Fsp3) is 0.263. The van der Waals surface area contributed by atoms with Gasteiger partial charge in [-0.15, -0.1) is 0 Å². The van der Waals surface area contributed by atoms with E-state index in [1.165, 1.54) is 0 Å². The summed E-state index contributed by atoms with van der Waals surface area (Å²) in [6.45, 7) is 4.62. The predicted octanol–water partition coefficient (Wildman–Crippen LogP) is 4.15. The lowest BCUT2D eigenvalue weighted by Crippen LogP contribution is -2.05. The van der Waals surface area contributed by atoms with E-state index in [1.807, 2.05) is 44.2 Å². The summed E-state index contributed by atoms with van der Waals surface area (Å²) in [4.78, 5) is 4.76. The highest BCUT2D eigenvalue weighted by atomic mass is 16.5. The van der Waals surface area contributed by atoms with Gasteiger partial charge in [0, 0.05) is 12.1 Å². The highest BCUT2D eigenvalue weighted by molar-refractivity contribution is 5.85. The Morgan fingerprint density at radius 3 is 2.72 bits per heavy atom. The molecule has 4 aromatic rings. The second-order valence-electron chi connectivity index (χ2n) is 5.95. The van der Waals surface area contributed by atoms with Crippen molar-refractivity contribution in [1.82, 2.24) is 14.7 Å². The summed E-state index contributed by atoms with van der Waals surface area (Å²) in [5.41, 5.74) is 3.89. The highest BCUT2D eigenvalue weighted by Crippen LogP contribution is 2.31. The number of hydrogen-bond donors (Lipinski definition) is 0. The molecule has 0 fully saturated rings. The average Bonchev–Trinajstić information content (AvgIpc) is 3.33. The lowest BCUT2D eigenvalue weighted by atomic mass is 10.1. The van der Waals surface area contributed by atoms with Crippen LogP contribution in [-0.2, 0) is 13.0 Å². The smallest absolute Gasteiger partial charge is 0.177 e. The average molecular weight is 337 g/mol. The molecule has 0 aliphatic rings. The van der Waals surface area contributed by atoms with Crippen molar-refractivity contribution in [3.05, 3.63) is 53.6 Å². The maximum Gasteiger partial charge on any atom is 0.177 e. The first-order valence-corrected chi connectivity index (χ1v) is 8.18. The minimum absolute atomic E-state index is 0.718. The van der Waals surface area contributed by atoms with Crippen molar-refractivity contribution >= 4 is 11.0 Å². The van der Waals surface area contributed by atoms with Gasteiger partial charge in [0.05, 0.1) is 24.6 Å². The van der Waals surface area contributed by atoms with Gasteiger partial charge >= 0.3 is 0 Å². The Balaban J connectivity index is 1.83. The van der Waals surface area contributed by atoms with Gasteiger partial charge in [0.15, 0.2) is 11.6 Å². The highest BCUT2D eigenvalue weighted by Gasteiger charge is 2.19. The molecule has 6 heteroatoms. The molecule has 0 amide bonds. The van der Waals surface area contributed by atoms with Crippen LogP contribution in [0.3, 0.4) is 0 Å². The van der Waals surface area contributed by atoms with E-state index >= 15 is 0 Å². The number of rotatable bonds is 5. The fourth-order valence-corrected chi connectivity index (χ4v) is 3.21. The Morgan fingerprint density at radius 1 is 1.16 bits per heavy atom. The molecule has 0 N–H and O–H groups in total. The molecule has 0 radical (unpaired) electrons. The molecule has 0 saturated heterocycles. The molecule has 3 heterocycles. The Morgan fingerprint density at radius 2 is 2.04 bits per heavy atom. The molecular formula is C19H19N3O3. The van der Waals surface area contributed by atoms with E-state index in [4.69, 9.17) is 18.7 Å². The topological polar surface area (TPSA) is 66.2 Å². The van der Waals surface area contributed by atoms with Crippen LogP contribution in [0.1, 0.15) is 17.0 Å². The number of furan rings is 1. The van der Waals surface area contributed by atoms with E-state index < -0.39 is 0 Å². The lowest BCUT2D eigenvalue weighted by Gasteiger charge is -2.10. The van der Waals surface area contributed by atoms with Crippen LogP contribution in [0.5, 0.6) is 5.75 Å². The first-order valence-electron chi connectivity index (χ1n) is 8.18. The molecule has 25 heavy (non-hydrogen) atoms. The zero-order valence-corrected chi connectivity index (χ0v) is 14.4. The largest absolute Gasteiger partial charge is 0.494 e. The van der Waals surface area contributed by atoms with Crippen LogP contribution in [0.25, 0.3) is 22.6 Å². The van der Waals surface area contributed by atoms with Crippen LogP contribution in [-0.4, -0.2) is 21.8 Å². The van der Waals surface area contributed by atoms with Gasteiger partial charge in [-0.25, -0.2) is 4.98 Å². The Labute approximate surface area is 145 Å². The summed E-state index contributed by atoms with van der Waals surface area (Å²) in [7, 11) is 1.67. The van der Waals surface area contributed by atoms with E-state index in [0.29, 0.717) is 0 Å². The quantitative estimate of drug-likeness (QED) is 0.547. The van der Waals surface area contributed by atoms with Crippen LogP contribution >= 0.6 is 0 Å². The number of ether oxygens (including phenoxy) is 1. The fourth-order valence-electron chi connectivity index (χ4n) is 3.21. The number of aryl methyl sites for hydroxylation is 3. The first kappa shape index (κ1) is 15.5. The summed E-state index contributed by atoms with van der Waals surface area (Å²) in [5.74, 6) is 3.17. The van der Waals surface area contributed by atoms with E-state index in [0.717, 1.165) is 58.4 Å². The third-order valence-corrected chi connectivity index (χ3v) is 4.46. The molecular weight excluding hydrogens is 318 g/mol. The molecule has 0 aliphatic carbocycles. The number of hydrogen-bond acceptors (Lipinski definition) is 5. The van der Waals surface area contributed by atoms with E-state index in [9.17, 15) is 0 Å². The zero-order chi connectivity index (χ0) is 17.4. The number of nitrogens with zero attached hydrogens (tertiary/aromatic N) is 3. The van der Waals surface area contributed by atoms with Crippen LogP contribution in [0, 0.1) is 13.8 Å². The van der Waals surface area contributed by atoms with Crippen molar-refractivity contribution < 1.29 is 13.7 Å². The maximum absolute atomic E-state index is 5.59. The SMILES string of the molecule is COc1cccc2nc(-c3ccco3)n(CCc3c(C)noc3C)c12. The third-order valence-electron chi connectivity index (χ3n) is 4.46. The van der Waals surface area contributed by atoms with Gasteiger partial charge in [0.1, 0.15) is 17.0 Å². The van der Waals surface area contributed by atoms with Crippen LogP contribution < -0.4 is 4.74 Å². The van der Waals surface area contributed by atoms with E-state index in [1.54, 1.807) is 13.4 Å². The van der Waals surface area contributed by atoms with Crippen molar-refractivity contribution in [3.63, 3.8) is 0 Å². The van der Waals surface area contributed by atoms with E-state index in [2.05, 4.69) is 9.72 Å². The number of fused-ring (bicyclic) bond motifs is 1. The summed E-state index contributed by atoms with van der Waals surface area (Å²) < 4.78 is 18.6. The van der Waals surface area contributed by atoms with Crippen LogP contribution in [0.4, 0.5) is 0 Å². The van der Waals surface area contributed by atoms with Crippen LogP contribution in [0.15, 0.2) is 45.5 Å². The standard InChI is InChI=1S/C19H19N3O3/c1-12-14(13(2)25-21-12)9-10-22-18-15(6-4-7-16(18)23-3)20-19(22)17-8-5-11-24-17/h4-8,11H,9-10H2,1-3H3. The van der Waals surface area contributed by atoms with Gasteiger partial charge in [-0.05, 0) is 44.5 Å². The third kappa shape index (κ3) is 2.59. The molecule has 0 atom stereocenters. The minimum atomic E-state index is 0.718. The van der Waals surface area contributed by atoms with Crippen molar-refractivity contribution in [2.45, 2.75) is 26.8 Å². The zero-order valence-electron chi connectivity index (χ0n) is 14.4. The molecule has 0 aliphatic heterocycles. The molecule has 3 aromatic heterocycles. The van der Waals surface area contributed by atoms with Gasteiger partial charge in [-0.1, -0.05) is 11.2 Å². The maximum atomic E-state index is 5.59. The number of imidazole rings is 1.